The number of benzene rings is 1. The number of nitrogens with zero attached hydrogens (tertiary/aromatic N) is 1. The largest absolute Gasteiger partial charge is 0.449 e. The van der Waals surface area contributed by atoms with E-state index < -0.39 is 5.79 Å². The van der Waals surface area contributed by atoms with Crippen molar-refractivity contribution < 1.29 is 17.3 Å². The number of piperidine rings is 1. The van der Waals surface area contributed by atoms with E-state index in [2.05, 4.69) is 17.0 Å². The lowest BCUT2D eigenvalue weighted by Crippen LogP contribution is -2.42. The Morgan fingerprint density at radius 1 is 1.38 bits per heavy atom. The lowest BCUT2D eigenvalue weighted by Gasteiger charge is -2.33. The van der Waals surface area contributed by atoms with Crippen molar-refractivity contribution in [2.24, 2.45) is 0 Å². The van der Waals surface area contributed by atoms with E-state index in [0.717, 1.165) is 31.0 Å². The van der Waals surface area contributed by atoms with Gasteiger partial charge < -0.3 is 12.5 Å². The summed E-state index contributed by atoms with van der Waals surface area (Å²) in [7, 11) is 0. The van der Waals surface area contributed by atoms with Gasteiger partial charge in [0.05, 0.1) is 6.26 Å². The van der Waals surface area contributed by atoms with Crippen LogP contribution < -0.4 is 9.47 Å². The van der Waals surface area contributed by atoms with Crippen molar-refractivity contribution in [3.8, 4) is 11.5 Å². The van der Waals surface area contributed by atoms with Crippen LogP contribution in [0, 0.1) is 0 Å². The van der Waals surface area contributed by atoms with Gasteiger partial charge >= 0.3 is 0 Å². The minimum atomic E-state index is -0.594. The Balaban J connectivity index is 1.63. The van der Waals surface area contributed by atoms with Crippen LogP contribution in [0.1, 0.15) is 32.3 Å². The predicted molar refractivity (Wildman–Crippen MR) is 99.3 cm³/mol. The third-order valence-electron chi connectivity index (χ3n) is 4.34. The molecule has 130 valence electrons. The predicted octanol–water partition coefficient (Wildman–Crippen LogP) is 3.65. The fourth-order valence-corrected chi connectivity index (χ4v) is 3.35. The number of halogens is 1. The number of Topliss-reactive ketones (excluding diaryl/α,β-unsaturated/α-hetero) is 1. The molecule has 0 bridgehead atoms. The molecule has 6 heteroatoms. The van der Waals surface area contributed by atoms with Gasteiger partial charge in [-0.05, 0) is 30.2 Å². The Morgan fingerprint density at radius 3 is 2.96 bits per heavy atom. The number of carbonyl (C=O) groups excluding carboxylic acids is 1. The molecule has 1 aromatic carbocycles. The first kappa shape index (κ1) is 17.5. The molecule has 0 radical (unpaired) electrons. The average molecular weight is 443 g/mol. The summed E-state index contributed by atoms with van der Waals surface area (Å²) in [5.41, 5.74) is 1.21. The second kappa shape index (κ2) is 7.31. The van der Waals surface area contributed by atoms with Crippen LogP contribution in [0.4, 0.5) is 0 Å². The van der Waals surface area contributed by atoms with E-state index in [4.69, 9.17) is 12.5 Å². The molecule has 0 amide bonds. The third kappa shape index (κ3) is 4.22. The van der Waals surface area contributed by atoms with Crippen LogP contribution in [-0.4, -0.2) is 35.6 Å². The maximum Gasteiger partial charge on any atom is 0.246 e. The molecule has 3 rings (SSSR count). The molecule has 0 saturated carbocycles. The zero-order chi connectivity index (χ0) is 17.2. The number of rotatable bonds is 5. The highest BCUT2D eigenvalue weighted by Crippen LogP contribution is 2.39. The highest BCUT2D eigenvalue weighted by atomic mass is 127. The topological polar surface area (TPSA) is 48.0 Å². The molecule has 1 atom stereocenters. The second-order valence-corrected chi connectivity index (χ2v) is 7.16. The van der Waals surface area contributed by atoms with Crippen LogP contribution in [0.5, 0.6) is 11.5 Å². The van der Waals surface area contributed by atoms with E-state index in [0.29, 0.717) is 18.6 Å². The van der Waals surface area contributed by atoms with Gasteiger partial charge in [0, 0.05) is 45.8 Å². The molecule has 0 aromatic heterocycles. The summed E-state index contributed by atoms with van der Waals surface area (Å²) >= 11 is 1.83. The standard InChI is InChI=1S/C18H22INO4/c1-18(2)23-16-4-3-13(11-17(16)24-18)5-8-20-9-6-15(21)12-14(20)7-10-22-19/h3-4,7,10-11,14H,5-6,8-9,12H2,1-2H3. The third-order valence-corrected chi connectivity index (χ3v) is 4.64. The number of likely N-dealkylation sites (tertiary alicyclic amines) is 1. The van der Waals surface area contributed by atoms with E-state index in [1.54, 1.807) is 6.26 Å². The molecule has 0 aliphatic carbocycles. The van der Waals surface area contributed by atoms with Gasteiger partial charge in [0.2, 0.25) is 5.79 Å². The number of fused-ring (bicyclic) bond motifs is 1. The Morgan fingerprint density at radius 2 is 2.17 bits per heavy atom. The second-order valence-electron chi connectivity index (χ2n) is 6.65. The molecule has 1 aromatic rings. The van der Waals surface area contributed by atoms with Crippen molar-refractivity contribution >= 4 is 28.8 Å². The molecule has 0 N–H and O–H groups in total. The minimum absolute atomic E-state index is 0.119. The lowest BCUT2D eigenvalue weighted by atomic mass is 10.00. The summed E-state index contributed by atoms with van der Waals surface area (Å²) in [5, 5.41) is 0. The molecular formula is C18H22INO4. The smallest absolute Gasteiger partial charge is 0.246 e. The monoisotopic (exact) mass is 443 g/mol. The zero-order valence-corrected chi connectivity index (χ0v) is 16.1. The van der Waals surface area contributed by atoms with E-state index >= 15 is 0 Å². The van der Waals surface area contributed by atoms with Crippen molar-refractivity contribution in [3.63, 3.8) is 0 Å². The summed E-state index contributed by atoms with van der Waals surface area (Å²) in [6, 6.07) is 6.23. The molecule has 1 saturated heterocycles. The first-order valence-electron chi connectivity index (χ1n) is 8.17. The van der Waals surface area contributed by atoms with Crippen LogP contribution >= 0.6 is 23.0 Å². The van der Waals surface area contributed by atoms with Crippen molar-refractivity contribution in [1.29, 1.82) is 0 Å². The van der Waals surface area contributed by atoms with Crippen LogP contribution in [0.25, 0.3) is 0 Å². The molecule has 2 aliphatic rings. The van der Waals surface area contributed by atoms with E-state index in [1.165, 1.54) is 5.56 Å². The fourth-order valence-electron chi connectivity index (χ4n) is 3.18. The van der Waals surface area contributed by atoms with E-state index in [1.807, 2.05) is 49.0 Å². The number of ether oxygens (including phenoxy) is 2. The molecule has 2 heterocycles. The molecule has 24 heavy (non-hydrogen) atoms. The Labute approximate surface area is 156 Å². The van der Waals surface area contributed by atoms with Crippen LogP contribution in [-0.2, 0) is 14.3 Å². The van der Waals surface area contributed by atoms with Crippen LogP contribution in [0.15, 0.2) is 30.5 Å². The highest BCUT2D eigenvalue weighted by molar-refractivity contribution is 14.1. The zero-order valence-electron chi connectivity index (χ0n) is 14.0. The van der Waals surface area contributed by atoms with Crippen LogP contribution in [0.3, 0.4) is 0 Å². The van der Waals surface area contributed by atoms with Crippen molar-refractivity contribution in [3.05, 3.63) is 36.1 Å². The summed E-state index contributed by atoms with van der Waals surface area (Å²) in [4.78, 5) is 14.0. The first-order chi connectivity index (χ1) is 11.5. The maximum atomic E-state index is 11.7. The van der Waals surface area contributed by atoms with Gasteiger partial charge in [-0.2, -0.15) is 0 Å². The van der Waals surface area contributed by atoms with E-state index in [9.17, 15) is 4.79 Å². The Kier molecular flexibility index (Phi) is 5.34. The van der Waals surface area contributed by atoms with E-state index in [-0.39, 0.29) is 6.04 Å². The van der Waals surface area contributed by atoms with Gasteiger partial charge in [-0.3, -0.25) is 9.69 Å². The van der Waals surface area contributed by atoms with Gasteiger partial charge in [0.1, 0.15) is 5.78 Å². The maximum absolute atomic E-state index is 11.7. The number of hydrogen-bond donors (Lipinski definition) is 0. The summed E-state index contributed by atoms with van der Waals surface area (Å²) in [6.07, 6.45) is 5.71. The molecule has 1 fully saturated rings. The summed E-state index contributed by atoms with van der Waals surface area (Å²) < 4.78 is 16.5. The average Bonchev–Trinajstić information content (AvgIpc) is 2.85. The van der Waals surface area contributed by atoms with Gasteiger partial charge in [-0.1, -0.05) is 6.07 Å². The van der Waals surface area contributed by atoms with Crippen molar-refractivity contribution in [2.75, 3.05) is 13.1 Å². The number of ketones is 1. The van der Waals surface area contributed by atoms with Gasteiger partial charge in [0.25, 0.3) is 0 Å². The van der Waals surface area contributed by atoms with Gasteiger partial charge in [-0.25, -0.2) is 0 Å². The highest BCUT2D eigenvalue weighted by Gasteiger charge is 2.31. The fraction of sp³-hybridized carbons (Fsp3) is 0.500. The Bertz CT molecular complexity index is 644. The number of hydrogen-bond acceptors (Lipinski definition) is 5. The molecule has 5 nitrogen and oxygen atoms in total. The minimum Gasteiger partial charge on any atom is -0.449 e. The molecule has 2 aliphatic heterocycles. The Hall–Kier alpha value is -1.28. The van der Waals surface area contributed by atoms with Crippen molar-refractivity contribution in [1.82, 2.24) is 4.90 Å². The van der Waals surface area contributed by atoms with Crippen molar-refractivity contribution in [2.45, 2.75) is 44.9 Å². The summed E-state index contributed by atoms with van der Waals surface area (Å²) in [6.45, 7) is 5.51. The lowest BCUT2D eigenvalue weighted by molar-refractivity contribution is -0.122. The number of carbonyl (C=O) groups is 1. The molecule has 0 spiro atoms. The SMILES string of the molecule is CC1(C)Oc2ccc(CCN3CCC(=O)CC3C=COI)cc2O1. The van der Waals surface area contributed by atoms with Crippen LogP contribution in [0.2, 0.25) is 0 Å². The first-order valence-corrected chi connectivity index (χ1v) is 9.06. The summed E-state index contributed by atoms with van der Waals surface area (Å²) in [5.74, 6) is 1.33. The normalized spacial score (nSPS) is 23.0. The van der Waals surface area contributed by atoms with Gasteiger partial charge in [-0.15, -0.1) is 0 Å². The quantitative estimate of drug-likeness (QED) is 0.514. The van der Waals surface area contributed by atoms with Gasteiger partial charge in [0.15, 0.2) is 34.5 Å². The molecular weight excluding hydrogens is 421 g/mol. The molecule has 1 unspecified atom stereocenters.